The van der Waals surface area contributed by atoms with Crippen molar-refractivity contribution in [1.29, 1.82) is 0 Å². The number of H-pyrrole nitrogens is 2. The van der Waals surface area contributed by atoms with Crippen LogP contribution in [-0.2, 0) is 11.3 Å². The smallest absolute Gasteiger partial charge is 0.227 e. The second-order valence-corrected chi connectivity index (χ2v) is 6.95. The van der Waals surface area contributed by atoms with Gasteiger partial charge in [0.1, 0.15) is 5.69 Å². The molecule has 1 amide bonds. The fourth-order valence-corrected chi connectivity index (χ4v) is 3.16. The lowest BCUT2D eigenvalue weighted by atomic mass is 10.2. The normalized spacial score (nSPS) is 14.2. The third-order valence-electron chi connectivity index (χ3n) is 4.90. The van der Waals surface area contributed by atoms with Crippen LogP contribution >= 0.6 is 0 Å². The van der Waals surface area contributed by atoms with E-state index in [1.54, 1.807) is 6.20 Å². The average molecular weight is 368 g/mol. The minimum atomic E-state index is 0.0413. The molecule has 142 valence electrons. The summed E-state index contributed by atoms with van der Waals surface area (Å²) >= 11 is 0. The van der Waals surface area contributed by atoms with Crippen molar-refractivity contribution in [3.63, 3.8) is 0 Å². The number of rotatable bonds is 8. The van der Waals surface area contributed by atoms with Gasteiger partial charge in [0.2, 0.25) is 5.91 Å². The largest absolute Gasteiger partial charge is 0.395 e. The molecule has 8 nitrogen and oxygen atoms in total. The number of aromatic nitrogens is 4. The lowest BCUT2D eigenvalue weighted by molar-refractivity contribution is -0.117. The first-order valence-corrected chi connectivity index (χ1v) is 9.34. The van der Waals surface area contributed by atoms with Crippen LogP contribution < -0.4 is 5.32 Å². The number of hydrogen-bond acceptors (Lipinski definition) is 5. The average Bonchev–Trinajstić information content (AvgIpc) is 3.28. The molecule has 2 aromatic heterocycles. The van der Waals surface area contributed by atoms with Crippen LogP contribution in [0.3, 0.4) is 0 Å². The first kappa shape index (κ1) is 17.7. The number of nitrogens with one attached hydrogen (secondary N) is 3. The molecule has 4 N–H and O–H groups in total. The number of imidazole rings is 1. The Hall–Kier alpha value is -2.71. The van der Waals surface area contributed by atoms with Gasteiger partial charge in [0.05, 0.1) is 29.5 Å². The Bertz CT molecular complexity index is 943. The molecule has 1 aliphatic rings. The molecule has 0 saturated heterocycles. The molecule has 0 spiro atoms. The minimum absolute atomic E-state index is 0.0413. The van der Waals surface area contributed by atoms with Crippen molar-refractivity contribution in [2.45, 2.75) is 26.3 Å². The molecule has 1 saturated carbocycles. The highest BCUT2D eigenvalue weighted by atomic mass is 16.3. The monoisotopic (exact) mass is 368 g/mol. The highest BCUT2D eigenvalue weighted by Crippen LogP contribution is 2.32. The molecule has 0 aliphatic heterocycles. The maximum Gasteiger partial charge on any atom is 0.227 e. The molecule has 4 rings (SSSR count). The van der Waals surface area contributed by atoms with Crippen molar-refractivity contribution in [2.75, 3.05) is 25.0 Å². The summed E-state index contributed by atoms with van der Waals surface area (Å²) < 4.78 is 0. The summed E-state index contributed by atoms with van der Waals surface area (Å²) in [4.78, 5) is 22.2. The first-order chi connectivity index (χ1) is 13.2. The van der Waals surface area contributed by atoms with E-state index in [1.807, 2.05) is 6.07 Å². The molecule has 0 atom stereocenters. The molecule has 0 bridgehead atoms. The second-order valence-electron chi connectivity index (χ2n) is 6.95. The maximum absolute atomic E-state index is 12.1. The van der Waals surface area contributed by atoms with Gasteiger partial charge in [-0.05, 0) is 37.1 Å². The molecule has 27 heavy (non-hydrogen) atoms. The summed E-state index contributed by atoms with van der Waals surface area (Å²) in [5.41, 5.74) is 4.26. The predicted molar refractivity (Wildman–Crippen MR) is 103 cm³/mol. The number of aliphatic hydroxyl groups is 1. The van der Waals surface area contributed by atoms with Crippen LogP contribution in [0.5, 0.6) is 0 Å². The van der Waals surface area contributed by atoms with Gasteiger partial charge in [-0.2, -0.15) is 5.10 Å². The number of carbonyl (C=O) groups excluding carboxylic acids is 1. The van der Waals surface area contributed by atoms with E-state index in [9.17, 15) is 4.79 Å². The van der Waals surface area contributed by atoms with Crippen LogP contribution in [0, 0.1) is 5.92 Å². The van der Waals surface area contributed by atoms with Crippen LogP contribution in [0.25, 0.3) is 22.6 Å². The number of aliphatic hydroxyl groups excluding tert-OH is 1. The van der Waals surface area contributed by atoms with Gasteiger partial charge >= 0.3 is 0 Å². The number of carbonyl (C=O) groups is 1. The number of hydrogen-bond donors (Lipinski definition) is 4. The van der Waals surface area contributed by atoms with E-state index in [1.165, 1.54) is 0 Å². The molecule has 1 fully saturated rings. The van der Waals surface area contributed by atoms with E-state index >= 15 is 0 Å². The summed E-state index contributed by atoms with van der Waals surface area (Å²) in [6, 6.07) is 6.11. The van der Waals surface area contributed by atoms with Gasteiger partial charge in [-0.15, -0.1) is 0 Å². The molecule has 0 radical (unpaired) electrons. The van der Waals surface area contributed by atoms with E-state index in [2.05, 4.69) is 49.4 Å². The number of aromatic amines is 2. The Morgan fingerprint density at radius 3 is 3.00 bits per heavy atom. The number of anilines is 1. The molecule has 0 unspecified atom stereocenters. The van der Waals surface area contributed by atoms with Crippen LogP contribution in [-0.4, -0.2) is 55.8 Å². The lowest BCUT2D eigenvalue weighted by Crippen LogP contribution is -2.26. The Kier molecular flexibility index (Phi) is 4.91. The second kappa shape index (κ2) is 7.50. The molecule has 1 aliphatic carbocycles. The first-order valence-electron chi connectivity index (χ1n) is 9.34. The van der Waals surface area contributed by atoms with Crippen molar-refractivity contribution in [3.05, 3.63) is 30.0 Å². The van der Waals surface area contributed by atoms with Crippen LogP contribution in [0.2, 0.25) is 0 Å². The topological polar surface area (TPSA) is 110 Å². The van der Waals surface area contributed by atoms with Crippen LogP contribution in [0.15, 0.2) is 24.4 Å². The number of fused-ring (bicyclic) bond motifs is 1. The Labute approximate surface area is 157 Å². The van der Waals surface area contributed by atoms with Crippen molar-refractivity contribution in [2.24, 2.45) is 5.92 Å². The number of benzene rings is 1. The van der Waals surface area contributed by atoms with E-state index in [4.69, 9.17) is 5.11 Å². The van der Waals surface area contributed by atoms with Crippen molar-refractivity contribution < 1.29 is 9.90 Å². The van der Waals surface area contributed by atoms with Gasteiger partial charge in [-0.25, -0.2) is 4.98 Å². The zero-order valence-electron chi connectivity index (χ0n) is 15.3. The van der Waals surface area contributed by atoms with Gasteiger partial charge in [0.25, 0.3) is 0 Å². The van der Waals surface area contributed by atoms with E-state index in [0.29, 0.717) is 23.8 Å². The van der Waals surface area contributed by atoms with Crippen molar-refractivity contribution in [1.82, 2.24) is 25.1 Å². The van der Waals surface area contributed by atoms with Crippen molar-refractivity contribution >= 4 is 22.6 Å². The SMILES string of the molecule is CCN(CCO)Cc1ccc2nc(-c3[nH]ncc3NC(=O)C3CC3)[nH]c2c1. The van der Waals surface area contributed by atoms with Gasteiger partial charge in [0, 0.05) is 19.0 Å². The van der Waals surface area contributed by atoms with E-state index in [-0.39, 0.29) is 18.4 Å². The predicted octanol–water partition coefficient (Wildman–Crippen LogP) is 2.12. The van der Waals surface area contributed by atoms with E-state index < -0.39 is 0 Å². The molecule has 1 aromatic carbocycles. The van der Waals surface area contributed by atoms with Crippen LogP contribution in [0.1, 0.15) is 25.3 Å². The lowest BCUT2D eigenvalue weighted by Gasteiger charge is -2.18. The standard InChI is InChI=1S/C19H24N6O2/c1-2-25(7-8-26)11-12-3-6-14-15(9-12)22-18(21-14)17-16(10-20-24-17)23-19(27)13-4-5-13/h3,6,9-10,13,26H,2,4-5,7-8,11H2,1H3,(H,20,24)(H,21,22)(H,23,27). The zero-order chi connectivity index (χ0) is 18.8. The summed E-state index contributed by atoms with van der Waals surface area (Å²) in [5.74, 6) is 0.819. The fourth-order valence-electron chi connectivity index (χ4n) is 3.16. The van der Waals surface area contributed by atoms with Crippen molar-refractivity contribution in [3.8, 4) is 11.5 Å². The maximum atomic E-state index is 12.1. The molecular formula is C19H24N6O2. The zero-order valence-corrected chi connectivity index (χ0v) is 15.3. The van der Waals surface area contributed by atoms with Gasteiger partial charge in [-0.3, -0.25) is 14.8 Å². The summed E-state index contributed by atoms with van der Waals surface area (Å²) in [6.07, 6.45) is 3.53. The Morgan fingerprint density at radius 2 is 2.26 bits per heavy atom. The van der Waals surface area contributed by atoms with Gasteiger partial charge in [0.15, 0.2) is 5.82 Å². The molecule has 2 heterocycles. The quantitative estimate of drug-likeness (QED) is 0.487. The molecular weight excluding hydrogens is 344 g/mol. The number of likely N-dealkylation sites (N-methyl/N-ethyl adjacent to an activating group) is 1. The molecule has 8 heteroatoms. The number of nitrogens with zero attached hydrogens (tertiary/aromatic N) is 3. The Balaban J connectivity index is 1.57. The van der Waals surface area contributed by atoms with Crippen LogP contribution in [0.4, 0.5) is 5.69 Å². The summed E-state index contributed by atoms with van der Waals surface area (Å²) in [6.45, 7) is 4.54. The summed E-state index contributed by atoms with van der Waals surface area (Å²) in [7, 11) is 0. The highest BCUT2D eigenvalue weighted by Gasteiger charge is 2.30. The third kappa shape index (κ3) is 3.86. The summed E-state index contributed by atoms with van der Waals surface area (Å²) in [5, 5.41) is 19.1. The fraction of sp³-hybridized carbons (Fsp3) is 0.421. The minimum Gasteiger partial charge on any atom is -0.395 e. The number of amides is 1. The molecule has 3 aromatic rings. The van der Waals surface area contributed by atoms with E-state index in [0.717, 1.165) is 42.5 Å². The Morgan fingerprint density at radius 1 is 1.41 bits per heavy atom. The highest BCUT2D eigenvalue weighted by molar-refractivity contribution is 5.97. The van der Waals surface area contributed by atoms with Gasteiger partial charge in [-0.1, -0.05) is 13.0 Å². The van der Waals surface area contributed by atoms with Gasteiger partial charge < -0.3 is 15.4 Å². The third-order valence-corrected chi connectivity index (χ3v) is 4.90.